The van der Waals surface area contributed by atoms with Crippen molar-refractivity contribution in [2.24, 2.45) is 0 Å². The molecule has 0 atom stereocenters. The molecule has 0 unspecified atom stereocenters. The van der Waals surface area contributed by atoms with Crippen LogP contribution in [0.25, 0.3) is 0 Å². The van der Waals surface area contributed by atoms with Gasteiger partial charge in [-0.3, -0.25) is 9.63 Å². The minimum atomic E-state index is -1.16. The second-order valence-electron chi connectivity index (χ2n) is 4.32. The van der Waals surface area contributed by atoms with E-state index in [1.165, 1.54) is 18.2 Å². The summed E-state index contributed by atoms with van der Waals surface area (Å²) in [6, 6.07) is 4.33. The standard InChI is InChI=1S/C11H14N2O4/c1-11(2,3)17-13(7-14)9-6-4-5-8(12-9)10(15)16/h4-7H,1-3H3,(H,15,16). The third-order valence-corrected chi connectivity index (χ3v) is 1.65. The summed E-state index contributed by atoms with van der Waals surface area (Å²) < 4.78 is 0. The molecule has 6 heteroatoms. The average molecular weight is 238 g/mol. The van der Waals surface area contributed by atoms with Gasteiger partial charge in [-0.05, 0) is 32.9 Å². The second-order valence-corrected chi connectivity index (χ2v) is 4.32. The van der Waals surface area contributed by atoms with Crippen LogP contribution in [0, 0.1) is 0 Å². The Morgan fingerprint density at radius 1 is 1.47 bits per heavy atom. The summed E-state index contributed by atoms with van der Waals surface area (Å²) in [7, 11) is 0. The number of carbonyl (C=O) groups is 2. The van der Waals surface area contributed by atoms with E-state index in [2.05, 4.69) is 4.98 Å². The van der Waals surface area contributed by atoms with Crippen LogP contribution in [0.5, 0.6) is 0 Å². The quantitative estimate of drug-likeness (QED) is 0.634. The molecular formula is C11H14N2O4. The van der Waals surface area contributed by atoms with Crippen molar-refractivity contribution in [3.8, 4) is 0 Å². The molecule has 92 valence electrons. The third kappa shape index (κ3) is 3.84. The Hall–Kier alpha value is -1.95. The molecule has 0 aliphatic rings. The number of amides is 1. The van der Waals surface area contributed by atoms with Gasteiger partial charge in [0.25, 0.3) is 0 Å². The lowest BCUT2D eigenvalue weighted by Crippen LogP contribution is -2.33. The zero-order valence-electron chi connectivity index (χ0n) is 9.88. The monoisotopic (exact) mass is 238 g/mol. The van der Waals surface area contributed by atoms with Crippen molar-refractivity contribution in [1.29, 1.82) is 0 Å². The molecule has 1 rings (SSSR count). The minimum absolute atomic E-state index is 0.134. The lowest BCUT2D eigenvalue weighted by atomic mass is 10.2. The number of pyridine rings is 1. The van der Waals surface area contributed by atoms with Crippen molar-refractivity contribution < 1.29 is 19.5 Å². The maximum atomic E-state index is 10.9. The maximum Gasteiger partial charge on any atom is 0.354 e. The fourth-order valence-electron chi connectivity index (χ4n) is 1.08. The predicted molar refractivity (Wildman–Crippen MR) is 60.6 cm³/mol. The molecule has 1 aromatic heterocycles. The van der Waals surface area contributed by atoms with E-state index in [9.17, 15) is 9.59 Å². The van der Waals surface area contributed by atoms with E-state index >= 15 is 0 Å². The van der Waals surface area contributed by atoms with E-state index in [0.29, 0.717) is 6.41 Å². The van der Waals surface area contributed by atoms with Crippen LogP contribution in [-0.4, -0.2) is 28.1 Å². The molecule has 0 radical (unpaired) electrons. The molecule has 0 saturated carbocycles. The van der Waals surface area contributed by atoms with Crippen molar-refractivity contribution in [1.82, 2.24) is 4.98 Å². The number of hydrogen-bond acceptors (Lipinski definition) is 4. The Balaban J connectivity index is 3.00. The number of carbonyl (C=O) groups excluding carboxylic acids is 1. The van der Waals surface area contributed by atoms with Crippen LogP contribution in [-0.2, 0) is 9.63 Å². The van der Waals surface area contributed by atoms with E-state index in [-0.39, 0.29) is 11.5 Å². The Kier molecular flexibility index (Phi) is 3.80. The van der Waals surface area contributed by atoms with E-state index in [1.807, 2.05) is 0 Å². The summed E-state index contributed by atoms with van der Waals surface area (Å²) in [5.41, 5.74) is -0.728. The summed E-state index contributed by atoms with van der Waals surface area (Å²) in [6.45, 7) is 5.31. The molecule has 0 fully saturated rings. The van der Waals surface area contributed by atoms with Crippen LogP contribution in [0.2, 0.25) is 0 Å². The van der Waals surface area contributed by atoms with Crippen molar-refractivity contribution in [3.63, 3.8) is 0 Å². The van der Waals surface area contributed by atoms with Crippen LogP contribution in [0.4, 0.5) is 5.82 Å². The number of anilines is 1. The summed E-state index contributed by atoms with van der Waals surface area (Å²) >= 11 is 0. The largest absolute Gasteiger partial charge is 0.477 e. The van der Waals surface area contributed by atoms with Gasteiger partial charge in [0.15, 0.2) is 11.5 Å². The third-order valence-electron chi connectivity index (χ3n) is 1.65. The number of rotatable bonds is 4. The van der Waals surface area contributed by atoms with Crippen molar-refractivity contribution in [2.45, 2.75) is 26.4 Å². The summed E-state index contributed by atoms with van der Waals surface area (Å²) in [5, 5.41) is 9.70. The molecular weight excluding hydrogens is 224 g/mol. The first kappa shape index (κ1) is 13.1. The van der Waals surface area contributed by atoms with Gasteiger partial charge in [-0.2, -0.15) is 5.06 Å². The number of hydroxylamine groups is 1. The average Bonchev–Trinajstić information content (AvgIpc) is 2.25. The van der Waals surface area contributed by atoms with E-state index in [4.69, 9.17) is 9.94 Å². The Morgan fingerprint density at radius 3 is 2.59 bits per heavy atom. The van der Waals surface area contributed by atoms with Crippen molar-refractivity contribution in [2.75, 3.05) is 5.06 Å². The van der Waals surface area contributed by atoms with Crippen LogP contribution >= 0.6 is 0 Å². The highest BCUT2D eigenvalue weighted by Gasteiger charge is 2.19. The molecule has 0 aromatic carbocycles. The minimum Gasteiger partial charge on any atom is -0.477 e. The molecule has 0 aliphatic carbocycles. The Bertz CT molecular complexity index is 426. The van der Waals surface area contributed by atoms with Crippen LogP contribution in [0.15, 0.2) is 18.2 Å². The summed E-state index contributed by atoms with van der Waals surface area (Å²) in [6.07, 6.45) is 0.444. The van der Waals surface area contributed by atoms with E-state index < -0.39 is 11.6 Å². The molecule has 17 heavy (non-hydrogen) atoms. The van der Waals surface area contributed by atoms with Gasteiger partial charge in [-0.1, -0.05) is 6.07 Å². The van der Waals surface area contributed by atoms with Gasteiger partial charge < -0.3 is 5.11 Å². The van der Waals surface area contributed by atoms with Crippen molar-refractivity contribution in [3.05, 3.63) is 23.9 Å². The van der Waals surface area contributed by atoms with Gasteiger partial charge in [0.2, 0.25) is 6.41 Å². The fourth-order valence-corrected chi connectivity index (χ4v) is 1.08. The highest BCUT2D eigenvalue weighted by atomic mass is 16.7. The van der Waals surface area contributed by atoms with E-state index in [1.54, 1.807) is 20.8 Å². The van der Waals surface area contributed by atoms with Crippen LogP contribution in [0.3, 0.4) is 0 Å². The fraction of sp³-hybridized carbons (Fsp3) is 0.364. The first-order chi connectivity index (χ1) is 7.83. The molecule has 6 nitrogen and oxygen atoms in total. The zero-order valence-corrected chi connectivity index (χ0v) is 9.88. The Labute approximate surface area is 98.8 Å². The number of carboxylic acids is 1. The van der Waals surface area contributed by atoms with Gasteiger partial charge in [0.05, 0.1) is 5.60 Å². The van der Waals surface area contributed by atoms with Gasteiger partial charge in [-0.15, -0.1) is 0 Å². The zero-order chi connectivity index (χ0) is 13.1. The van der Waals surface area contributed by atoms with Gasteiger partial charge in [0.1, 0.15) is 0 Å². The maximum absolute atomic E-state index is 10.9. The molecule has 1 N–H and O–H groups in total. The Morgan fingerprint density at radius 2 is 2.12 bits per heavy atom. The lowest BCUT2D eigenvalue weighted by molar-refractivity contribution is -0.120. The number of aromatic carboxylic acids is 1. The summed E-state index contributed by atoms with van der Waals surface area (Å²) in [4.78, 5) is 30.7. The molecule has 0 aliphatic heterocycles. The lowest BCUT2D eigenvalue weighted by Gasteiger charge is -2.25. The number of aromatic nitrogens is 1. The highest BCUT2D eigenvalue weighted by molar-refractivity contribution is 5.86. The van der Waals surface area contributed by atoms with Crippen molar-refractivity contribution >= 4 is 18.2 Å². The number of nitrogens with zero attached hydrogens (tertiary/aromatic N) is 2. The molecule has 1 amide bonds. The second kappa shape index (κ2) is 4.92. The molecule has 1 heterocycles. The molecule has 0 spiro atoms. The SMILES string of the molecule is CC(C)(C)ON(C=O)c1cccc(C(=O)O)n1. The predicted octanol–water partition coefficient (Wildman–Crippen LogP) is 1.47. The smallest absolute Gasteiger partial charge is 0.354 e. The molecule has 0 saturated heterocycles. The van der Waals surface area contributed by atoms with E-state index in [0.717, 1.165) is 5.06 Å². The normalized spacial score (nSPS) is 11.0. The van der Waals surface area contributed by atoms with Gasteiger partial charge in [0, 0.05) is 0 Å². The first-order valence-corrected chi connectivity index (χ1v) is 4.97. The number of carboxylic acid groups (broad SMARTS) is 1. The topological polar surface area (TPSA) is 79.7 Å². The summed E-state index contributed by atoms with van der Waals surface area (Å²) in [5.74, 6) is -1.02. The van der Waals surface area contributed by atoms with Gasteiger partial charge >= 0.3 is 5.97 Å². The van der Waals surface area contributed by atoms with Crippen LogP contribution in [0.1, 0.15) is 31.3 Å². The number of hydrogen-bond donors (Lipinski definition) is 1. The van der Waals surface area contributed by atoms with Gasteiger partial charge in [-0.25, -0.2) is 9.78 Å². The first-order valence-electron chi connectivity index (χ1n) is 4.97. The highest BCUT2D eigenvalue weighted by Crippen LogP contribution is 2.16. The molecule has 1 aromatic rings. The molecule has 0 bridgehead atoms. The van der Waals surface area contributed by atoms with Crippen LogP contribution < -0.4 is 5.06 Å².